The number of rotatable bonds is 5. The first-order chi connectivity index (χ1) is 17.8. The van der Waals surface area contributed by atoms with Crippen molar-refractivity contribution in [3.8, 4) is 11.5 Å². The fraction of sp³-hybridized carbons (Fsp3) is 0.769. The van der Waals surface area contributed by atoms with E-state index in [0.717, 1.165) is 3.57 Å². The van der Waals surface area contributed by atoms with Crippen molar-refractivity contribution >= 4 is 88.0 Å². The minimum Gasteiger partial charge on any atom is -0.414 e. The third kappa shape index (κ3) is 6.43. The molecule has 0 aliphatic carbocycles. The van der Waals surface area contributed by atoms with E-state index in [1.807, 2.05) is 6.20 Å². The lowest BCUT2D eigenvalue weighted by Gasteiger charge is -2.51. The van der Waals surface area contributed by atoms with Gasteiger partial charge in [0.25, 0.3) is 0 Å². The summed E-state index contributed by atoms with van der Waals surface area (Å²) < 4.78 is 24.2. The molecule has 0 bridgehead atoms. The van der Waals surface area contributed by atoms with Gasteiger partial charge in [-0.25, -0.2) is 4.79 Å². The lowest BCUT2D eigenvalue weighted by molar-refractivity contribution is 0.0735. The molecule has 3 rings (SSSR count). The van der Waals surface area contributed by atoms with Crippen LogP contribution in [0.4, 0.5) is 5.82 Å². The Morgan fingerprint density at radius 1 is 1.10 bits per heavy atom. The van der Waals surface area contributed by atoms with Crippen molar-refractivity contribution in [3.63, 3.8) is 0 Å². The quantitative estimate of drug-likeness (QED) is 0.151. The number of alkyl halides is 1. The number of nitrogens with two attached hydrogens (primary N) is 1. The van der Waals surface area contributed by atoms with Crippen LogP contribution in [0.3, 0.4) is 0 Å². The maximum absolute atomic E-state index is 13.4. The minimum absolute atomic E-state index is 0.0115. The SMILES string of the molecule is CC(C)[Si]1(C(C)C)OC[C@H]2S[C@@](C#C[Si](C)(C)C)(n3cc(I)c(N)nc3=O)[C@H](I)[C@@H]2O[Si](C(C)C)(C(C)C)O1. The van der Waals surface area contributed by atoms with Gasteiger partial charge in [-0.05, 0) is 44.8 Å². The largest absolute Gasteiger partial charge is 0.414 e. The number of nitrogen functional groups attached to an aromatic ring is 1. The van der Waals surface area contributed by atoms with Crippen LogP contribution in [0.5, 0.6) is 0 Å². The van der Waals surface area contributed by atoms with E-state index in [2.05, 4.69) is 137 Å². The van der Waals surface area contributed by atoms with E-state index in [9.17, 15) is 4.79 Å². The molecule has 4 atom stereocenters. The molecule has 39 heavy (non-hydrogen) atoms. The van der Waals surface area contributed by atoms with Gasteiger partial charge in [0, 0.05) is 6.20 Å². The molecule has 2 saturated heterocycles. The van der Waals surface area contributed by atoms with Crippen LogP contribution in [0.2, 0.25) is 41.8 Å². The van der Waals surface area contributed by atoms with E-state index in [-0.39, 0.29) is 49.0 Å². The summed E-state index contributed by atoms with van der Waals surface area (Å²) in [7, 11) is -7.26. The summed E-state index contributed by atoms with van der Waals surface area (Å²) in [4.78, 5) is 16.7. The summed E-state index contributed by atoms with van der Waals surface area (Å²) in [5.41, 5.74) is 10.2. The van der Waals surface area contributed by atoms with E-state index in [4.69, 9.17) is 18.7 Å². The lowest BCUT2D eigenvalue weighted by Crippen LogP contribution is -2.65. The molecule has 0 aromatic carbocycles. The second kappa shape index (κ2) is 12.3. The summed E-state index contributed by atoms with van der Waals surface area (Å²) in [6.45, 7) is 25.1. The Bertz CT molecular complexity index is 1170. The van der Waals surface area contributed by atoms with Crippen LogP contribution in [-0.2, 0) is 17.8 Å². The highest BCUT2D eigenvalue weighted by molar-refractivity contribution is 14.1. The Morgan fingerprint density at radius 2 is 1.64 bits per heavy atom. The molecule has 2 fully saturated rings. The number of nitrogens with zero attached hydrogens (tertiary/aromatic N) is 2. The fourth-order valence-corrected chi connectivity index (χ4v) is 21.7. The number of halogens is 2. The van der Waals surface area contributed by atoms with Crippen LogP contribution >= 0.6 is 56.9 Å². The molecule has 2 aliphatic heterocycles. The molecule has 2 aliphatic rings. The molecule has 13 heteroatoms. The lowest BCUT2D eigenvalue weighted by atomic mass is 10.1. The van der Waals surface area contributed by atoms with Crippen LogP contribution < -0.4 is 11.4 Å². The number of aromatic nitrogens is 2. The van der Waals surface area contributed by atoms with Crippen LogP contribution in [0.15, 0.2) is 11.0 Å². The van der Waals surface area contributed by atoms with Crippen molar-refractivity contribution in [1.82, 2.24) is 9.55 Å². The van der Waals surface area contributed by atoms with Crippen molar-refractivity contribution in [2.24, 2.45) is 0 Å². The Balaban J connectivity index is 2.29. The molecule has 0 spiro atoms. The minimum atomic E-state index is -2.81. The Kier molecular flexibility index (Phi) is 10.7. The predicted molar refractivity (Wildman–Crippen MR) is 188 cm³/mol. The van der Waals surface area contributed by atoms with Gasteiger partial charge in [-0.15, -0.1) is 17.3 Å². The van der Waals surface area contributed by atoms with Gasteiger partial charge in [0.05, 0.1) is 25.5 Å². The fourth-order valence-electron chi connectivity index (χ4n) is 5.48. The number of thioether (sulfide) groups is 1. The molecule has 3 heterocycles. The molecule has 7 nitrogen and oxygen atoms in total. The Labute approximate surface area is 269 Å². The standard InChI is InChI=1S/C26H45I2N3O4SSi3/c1-16(2)38(17(3)4)33-15-21-22(34-39(35-38,18(5)6)19(7)8)23(28)26(36-21,12-13-37(9,10)11)31-14-20(27)24(29)30-25(31)32/h14,16-19,21-23H,15H2,1-11H3,(H2,29,30,32)/t21-,22-,23-,26-/m1/s1. The summed E-state index contributed by atoms with van der Waals surface area (Å²) >= 11 is 6.32. The highest BCUT2D eigenvalue weighted by atomic mass is 127. The van der Waals surface area contributed by atoms with E-state index in [0.29, 0.717) is 6.61 Å². The summed E-state index contributed by atoms with van der Waals surface area (Å²) in [5, 5.41) is -0.0115. The third-order valence-corrected chi connectivity index (χ3v) is 23.2. The zero-order valence-corrected chi connectivity index (χ0v) is 33.2. The zero-order valence-electron chi connectivity index (χ0n) is 25.1. The molecule has 0 unspecified atom stereocenters. The van der Waals surface area contributed by atoms with E-state index >= 15 is 0 Å². The first-order valence-electron chi connectivity index (χ1n) is 13.8. The molecule has 220 valence electrons. The van der Waals surface area contributed by atoms with Gasteiger partial charge in [0.1, 0.15) is 13.9 Å². The zero-order chi connectivity index (χ0) is 29.7. The predicted octanol–water partition coefficient (Wildman–Crippen LogP) is 6.84. The van der Waals surface area contributed by atoms with Gasteiger partial charge >= 0.3 is 22.8 Å². The number of hydrogen-bond donors (Lipinski definition) is 1. The number of hydrogen-bond acceptors (Lipinski definition) is 7. The van der Waals surface area contributed by atoms with Gasteiger partial charge < -0.3 is 18.7 Å². The molecule has 0 saturated carbocycles. The van der Waals surface area contributed by atoms with Gasteiger partial charge in [-0.1, -0.05) is 104 Å². The van der Waals surface area contributed by atoms with Crippen molar-refractivity contribution in [2.45, 2.75) is 117 Å². The van der Waals surface area contributed by atoms with Gasteiger partial charge in [-0.3, -0.25) is 4.57 Å². The van der Waals surface area contributed by atoms with Gasteiger partial charge in [0.2, 0.25) is 0 Å². The van der Waals surface area contributed by atoms with Crippen molar-refractivity contribution < 1.29 is 13.0 Å². The second-order valence-corrected chi connectivity index (χ2v) is 30.5. The number of anilines is 1. The highest BCUT2D eigenvalue weighted by Gasteiger charge is 2.64. The molecule has 1 aromatic heterocycles. The summed E-state index contributed by atoms with van der Waals surface area (Å²) in [5.74, 6) is 3.88. The third-order valence-electron chi connectivity index (χ3n) is 7.57. The maximum Gasteiger partial charge on any atom is 0.351 e. The summed E-state index contributed by atoms with van der Waals surface area (Å²) in [6.07, 6.45) is 1.62. The van der Waals surface area contributed by atoms with Crippen LogP contribution in [0, 0.1) is 15.0 Å². The summed E-state index contributed by atoms with van der Waals surface area (Å²) in [6, 6.07) is 0. The first-order valence-corrected chi connectivity index (χ1v) is 24.4. The van der Waals surface area contributed by atoms with Crippen molar-refractivity contribution in [1.29, 1.82) is 0 Å². The second-order valence-electron chi connectivity index (χ2n) is 12.9. The molecule has 0 amide bonds. The Hall–Kier alpha value is 0.581. The van der Waals surface area contributed by atoms with Crippen LogP contribution in [0.1, 0.15) is 55.4 Å². The molecule has 2 N–H and O–H groups in total. The van der Waals surface area contributed by atoms with Crippen molar-refractivity contribution in [3.05, 3.63) is 20.3 Å². The van der Waals surface area contributed by atoms with E-state index < -0.39 is 30.1 Å². The average Bonchev–Trinajstić information content (AvgIpc) is 3.04. The van der Waals surface area contributed by atoms with E-state index in [1.165, 1.54) is 0 Å². The maximum atomic E-state index is 13.4. The monoisotopic (exact) mass is 833 g/mol. The van der Waals surface area contributed by atoms with Crippen molar-refractivity contribution in [2.75, 3.05) is 12.3 Å². The topological polar surface area (TPSA) is 88.6 Å². The Morgan fingerprint density at radius 3 is 2.13 bits per heavy atom. The highest BCUT2D eigenvalue weighted by Crippen LogP contribution is 2.56. The van der Waals surface area contributed by atoms with Crippen LogP contribution in [-0.4, -0.2) is 56.6 Å². The molecular formula is C26H45I2N3O4SSi3. The molecular weight excluding hydrogens is 788 g/mol. The van der Waals surface area contributed by atoms with E-state index in [1.54, 1.807) is 16.3 Å². The van der Waals surface area contributed by atoms with Gasteiger partial charge in [0.15, 0.2) is 4.87 Å². The average molecular weight is 834 g/mol. The van der Waals surface area contributed by atoms with Gasteiger partial charge in [-0.2, -0.15) is 4.98 Å². The molecule has 1 aromatic rings. The normalized spacial score (nSPS) is 28.8. The molecule has 0 radical (unpaired) electrons. The van der Waals surface area contributed by atoms with Crippen LogP contribution in [0.25, 0.3) is 0 Å². The number of fused-ring (bicyclic) bond motifs is 1. The smallest absolute Gasteiger partial charge is 0.351 e. The first kappa shape index (κ1) is 34.1.